The predicted molar refractivity (Wildman–Crippen MR) is 112 cm³/mol. The predicted octanol–water partition coefficient (Wildman–Crippen LogP) is 3.18. The van der Waals surface area contributed by atoms with Crippen molar-refractivity contribution in [1.29, 1.82) is 0 Å². The summed E-state index contributed by atoms with van der Waals surface area (Å²) in [6.45, 7) is 2.73. The molecule has 2 aromatic heterocycles. The Bertz CT molecular complexity index is 993. The maximum Gasteiger partial charge on any atom is 0.270 e. The minimum absolute atomic E-state index is 0.0365. The van der Waals surface area contributed by atoms with E-state index in [1.807, 2.05) is 12.1 Å². The van der Waals surface area contributed by atoms with E-state index in [-0.39, 0.29) is 5.69 Å². The maximum atomic E-state index is 11.0. The number of nitro benzene ring substituents is 1. The number of likely N-dealkylation sites (N-methyl/N-ethyl adjacent to an activating group) is 1. The lowest BCUT2D eigenvalue weighted by atomic mass is 10.2. The number of oxazole rings is 1. The molecule has 0 radical (unpaired) electrons. The van der Waals surface area contributed by atoms with Gasteiger partial charge in [-0.1, -0.05) is 12.1 Å². The summed E-state index contributed by atoms with van der Waals surface area (Å²) in [5, 5.41) is 19.2. The number of benzene rings is 1. The molecule has 0 amide bonds. The van der Waals surface area contributed by atoms with Crippen molar-refractivity contribution in [1.82, 2.24) is 20.1 Å². The Morgan fingerprint density at radius 2 is 2.23 bits per heavy atom. The number of hydrogen-bond donors (Lipinski definition) is 0. The monoisotopic (exact) mass is 408 g/mol. The summed E-state index contributed by atoms with van der Waals surface area (Å²) in [7, 11) is 2.09. The van der Waals surface area contributed by atoms with E-state index in [2.05, 4.69) is 32.0 Å². The molecule has 1 unspecified atom stereocenters. The van der Waals surface area contributed by atoms with Gasteiger partial charge in [-0.3, -0.25) is 10.1 Å². The van der Waals surface area contributed by atoms with Crippen LogP contribution >= 0.6 is 0 Å². The normalized spacial score (nSPS) is 16.3. The molecule has 1 aliphatic rings. The van der Waals surface area contributed by atoms with Crippen molar-refractivity contribution in [2.45, 2.75) is 25.3 Å². The summed E-state index contributed by atoms with van der Waals surface area (Å²) in [5.41, 5.74) is 0.691. The highest BCUT2D eigenvalue weighted by Crippen LogP contribution is 2.25. The molecule has 0 N–H and O–H groups in total. The van der Waals surface area contributed by atoms with Gasteiger partial charge in [-0.15, -0.1) is 5.10 Å². The lowest BCUT2D eigenvalue weighted by molar-refractivity contribution is -0.384. The molecule has 9 heteroatoms. The first-order valence-corrected chi connectivity index (χ1v) is 10.0. The van der Waals surface area contributed by atoms with E-state index in [1.165, 1.54) is 12.1 Å². The van der Waals surface area contributed by atoms with Crippen LogP contribution in [-0.4, -0.2) is 57.7 Å². The fourth-order valence-corrected chi connectivity index (χ4v) is 3.84. The lowest BCUT2D eigenvalue weighted by Gasteiger charge is -2.29. The van der Waals surface area contributed by atoms with E-state index in [1.54, 1.807) is 24.5 Å². The fourth-order valence-electron chi connectivity index (χ4n) is 3.84. The Morgan fingerprint density at radius 3 is 3.03 bits per heavy atom. The van der Waals surface area contributed by atoms with E-state index >= 15 is 0 Å². The Morgan fingerprint density at radius 1 is 1.33 bits per heavy atom. The highest BCUT2D eigenvalue weighted by Gasteiger charge is 2.26. The van der Waals surface area contributed by atoms with E-state index in [0.29, 0.717) is 29.7 Å². The number of nitro groups is 1. The van der Waals surface area contributed by atoms with Crippen LogP contribution in [0.1, 0.15) is 18.7 Å². The summed E-state index contributed by atoms with van der Waals surface area (Å²) >= 11 is 0. The third-order valence-corrected chi connectivity index (χ3v) is 5.35. The zero-order chi connectivity index (χ0) is 20.9. The standard InChI is InChI=1S/C21H24N6O3/c1-25(15-18-7-4-11-26(18)20-8-3-10-23-24-20)12-9-21-22-14-19(30-21)16-5-2-6-17(13-16)27(28)29/h2-3,5-6,8,10,13-14,18H,4,7,9,11-12,15H2,1H3. The van der Waals surface area contributed by atoms with Crippen molar-refractivity contribution in [3.05, 3.63) is 64.8 Å². The molecule has 156 valence electrons. The van der Waals surface area contributed by atoms with Crippen LogP contribution in [0.4, 0.5) is 11.5 Å². The largest absolute Gasteiger partial charge is 0.441 e. The zero-order valence-electron chi connectivity index (χ0n) is 16.8. The van der Waals surface area contributed by atoms with Crippen LogP contribution in [0.5, 0.6) is 0 Å². The highest BCUT2D eigenvalue weighted by molar-refractivity contribution is 5.60. The minimum atomic E-state index is -0.414. The first-order chi connectivity index (χ1) is 14.6. The molecule has 0 aliphatic carbocycles. The molecule has 4 rings (SSSR count). The second-order valence-corrected chi connectivity index (χ2v) is 7.51. The van der Waals surface area contributed by atoms with Gasteiger partial charge in [0.1, 0.15) is 0 Å². The fraction of sp³-hybridized carbons (Fsp3) is 0.381. The summed E-state index contributed by atoms with van der Waals surface area (Å²) in [6.07, 6.45) is 6.28. The number of hydrogen-bond acceptors (Lipinski definition) is 8. The molecule has 1 aliphatic heterocycles. The van der Waals surface area contributed by atoms with Gasteiger partial charge < -0.3 is 14.2 Å². The second kappa shape index (κ2) is 9.00. The topological polar surface area (TPSA) is 101 Å². The van der Waals surface area contributed by atoms with Crippen LogP contribution < -0.4 is 4.90 Å². The average molecular weight is 408 g/mol. The molecular weight excluding hydrogens is 384 g/mol. The van der Waals surface area contributed by atoms with E-state index in [4.69, 9.17) is 4.42 Å². The highest BCUT2D eigenvalue weighted by atomic mass is 16.6. The molecular formula is C21H24N6O3. The first-order valence-electron chi connectivity index (χ1n) is 10.0. The van der Waals surface area contributed by atoms with Crippen LogP contribution in [-0.2, 0) is 6.42 Å². The van der Waals surface area contributed by atoms with Gasteiger partial charge in [0.2, 0.25) is 0 Å². The van der Waals surface area contributed by atoms with Gasteiger partial charge in [0.15, 0.2) is 17.5 Å². The second-order valence-electron chi connectivity index (χ2n) is 7.51. The van der Waals surface area contributed by atoms with Crippen molar-refractivity contribution in [3.63, 3.8) is 0 Å². The van der Waals surface area contributed by atoms with Crippen molar-refractivity contribution >= 4 is 11.5 Å². The number of rotatable bonds is 8. The zero-order valence-corrected chi connectivity index (χ0v) is 16.8. The van der Waals surface area contributed by atoms with Crippen LogP contribution in [0.15, 0.2) is 53.2 Å². The molecule has 0 saturated carbocycles. The van der Waals surface area contributed by atoms with Gasteiger partial charge in [-0.2, -0.15) is 5.10 Å². The SMILES string of the molecule is CN(CCc1ncc(-c2cccc([N+](=O)[O-])c2)o1)CC1CCCN1c1cccnn1. The molecule has 0 spiro atoms. The van der Waals surface area contributed by atoms with Crippen molar-refractivity contribution < 1.29 is 9.34 Å². The van der Waals surface area contributed by atoms with Crippen LogP contribution in [0.25, 0.3) is 11.3 Å². The molecule has 1 fully saturated rings. The molecule has 30 heavy (non-hydrogen) atoms. The Balaban J connectivity index is 1.33. The summed E-state index contributed by atoms with van der Waals surface area (Å²) < 4.78 is 5.83. The average Bonchev–Trinajstić information content (AvgIpc) is 3.43. The van der Waals surface area contributed by atoms with Crippen molar-refractivity contribution in [2.75, 3.05) is 31.6 Å². The molecule has 3 heterocycles. The number of nitrogens with zero attached hydrogens (tertiary/aromatic N) is 6. The number of aromatic nitrogens is 3. The number of non-ortho nitro benzene ring substituents is 1. The summed E-state index contributed by atoms with van der Waals surface area (Å²) in [6, 6.07) is 10.7. The van der Waals surface area contributed by atoms with Crippen molar-refractivity contribution in [2.24, 2.45) is 0 Å². The summed E-state index contributed by atoms with van der Waals surface area (Å²) in [4.78, 5) is 19.5. The minimum Gasteiger partial charge on any atom is -0.441 e. The third kappa shape index (κ3) is 4.62. The molecule has 1 atom stereocenters. The van der Waals surface area contributed by atoms with Gasteiger partial charge in [0.05, 0.1) is 11.1 Å². The molecule has 3 aromatic rings. The Labute approximate surface area is 174 Å². The van der Waals surface area contributed by atoms with Crippen LogP contribution in [0, 0.1) is 10.1 Å². The smallest absolute Gasteiger partial charge is 0.270 e. The van der Waals surface area contributed by atoms with Gasteiger partial charge in [0.25, 0.3) is 5.69 Å². The molecule has 9 nitrogen and oxygen atoms in total. The van der Waals surface area contributed by atoms with Crippen molar-refractivity contribution in [3.8, 4) is 11.3 Å². The molecule has 1 saturated heterocycles. The Kier molecular flexibility index (Phi) is 5.99. The molecule has 0 bridgehead atoms. The van der Waals surface area contributed by atoms with Crippen LogP contribution in [0.3, 0.4) is 0 Å². The van der Waals surface area contributed by atoms with Crippen LogP contribution in [0.2, 0.25) is 0 Å². The number of anilines is 1. The van der Waals surface area contributed by atoms with E-state index < -0.39 is 4.92 Å². The quantitative estimate of drug-likeness (QED) is 0.414. The van der Waals surface area contributed by atoms with Gasteiger partial charge in [-0.05, 0) is 32.0 Å². The van der Waals surface area contributed by atoms with Gasteiger partial charge >= 0.3 is 0 Å². The first kappa shape index (κ1) is 20.0. The Hall–Kier alpha value is -3.33. The van der Waals surface area contributed by atoms with Gasteiger partial charge in [0, 0.05) is 56.0 Å². The maximum absolute atomic E-state index is 11.0. The van der Waals surface area contributed by atoms with E-state index in [0.717, 1.165) is 38.3 Å². The molecule has 1 aromatic carbocycles. The third-order valence-electron chi connectivity index (χ3n) is 5.35. The summed E-state index contributed by atoms with van der Waals surface area (Å²) in [5.74, 6) is 2.10. The lowest BCUT2D eigenvalue weighted by Crippen LogP contribution is -2.40. The van der Waals surface area contributed by atoms with Gasteiger partial charge in [-0.25, -0.2) is 4.98 Å². The van der Waals surface area contributed by atoms with E-state index in [9.17, 15) is 10.1 Å².